The van der Waals surface area contributed by atoms with Crippen LogP contribution in [0.2, 0.25) is 0 Å². The van der Waals surface area contributed by atoms with Gasteiger partial charge in [0, 0.05) is 25.6 Å². The number of alkyl halides is 6. The highest BCUT2D eigenvalue weighted by molar-refractivity contribution is 5.82. The summed E-state index contributed by atoms with van der Waals surface area (Å²) in [5.74, 6) is -0.540. The average Bonchev–Trinajstić information content (AvgIpc) is 3.70. The number of hydrogen-bond donors (Lipinski definition) is 0. The Morgan fingerprint density at radius 3 is 2.10 bits per heavy atom. The van der Waals surface area contributed by atoms with Crippen LogP contribution in [-0.2, 0) is 21.9 Å². The minimum absolute atomic E-state index is 0.00637. The maximum absolute atomic E-state index is 13.8. The summed E-state index contributed by atoms with van der Waals surface area (Å²) >= 11 is 0. The number of hydrogen-bond acceptors (Lipinski definition) is 3. The van der Waals surface area contributed by atoms with E-state index in [1.54, 1.807) is 12.1 Å². The quantitative estimate of drug-likeness (QED) is 0.307. The van der Waals surface area contributed by atoms with Crippen molar-refractivity contribution in [1.29, 1.82) is 0 Å². The van der Waals surface area contributed by atoms with E-state index in [0.29, 0.717) is 31.5 Å². The molecule has 2 heterocycles. The third-order valence-corrected chi connectivity index (χ3v) is 8.98. The van der Waals surface area contributed by atoms with E-state index in [4.69, 9.17) is 4.74 Å². The number of halogens is 7. The molecule has 1 amide bonds. The van der Waals surface area contributed by atoms with Crippen LogP contribution in [0.15, 0.2) is 42.5 Å². The van der Waals surface area contributed by atoms with Gasteiger partial charge in [-0.3, -0.25) is 9.69 Å². The van der Waals surface area contributed by atoms with Gasteiger partial charge in [-0.25, -0.2) is 4.39 Å². The molecule has 2 aromatic carbocycles. The highest BCUT2D eigenvalue weighted by Crippen LogP contribution is 2.45. The first-order chi connectivity index (χ1) is 19.8. The molecule has 1 aliphatic carbocycles. The van der Waals surface area contributed by atoms with Gasteiger partial charge in [-0.05, 0) is 99.4 Å². The van der Waals surface area contributed by atoms with Crippen molar-refractivity contribution >= 4 is 5.91 Å². The molecule has 5 rings (SSSR count). The van der Waals surface area contributed by atoms with Gasteiger partial charge in [-0.1, -0.05) is 12.1 Å². The van der Waals surface area contributed by atoms with Gasteiger partial charge < -0.3 is 9.64 Å². The molecule has 2 saturated heterocycles. The van der Waals surface area contributed by atoms with Crippen LogP contribution in [0.25, 0.3) is 0 Å². The number of likely N-dealkylation sites (tertiary alicyclic amines) is 2. The molecule has 0 aromatic heterocycles. The minimum Gasteiger partial charge on any atom is -0.370 e. The van der Waals surface area contributed by atoms with Crippen molar-refractivity contribution in [3.05, 3.63) is 70.5 Å². The second kappa shape index (κ2) is 12.1. The van der Waals surface area contributed by atoms with E-state index in [-0.39, 0.29) is 35.4 Å². The topological polar surface area (TPSA) is 32.8 Å². The molecular formula is C31H35F7N2O2. The number of ether oxygens (including phenoxy) is 1. The second-order valence-electron chi connectivity index (χ2n) is 11.8. The van der Waals surface area contributed by atoms with Gasteiger partial charge in [0.25, 0.3) is 0 Å². The Balaban J connectivity index is 1.38. The predicted molar refractivity (Wildman–Crippen MR) is 142 cm³/mol. The number of carbonyl (C=O) groups excluding carboxylic acids is 1. The number of nitrogens with zero attached hydrogens (tertiary/aromatic N) is 2. The Morgan fingerprint density at radius 2 is 1.50 bits per heavy atom. The molecule has 1 saturated carbocycles. The van der Waals surface area contributed by atoms with Crippen LogP contribution in [0.4, 0.5) is 30.7 Å². The molecule has 0 bridgehead atoms. The van der Waals surface area contributed by atoms with E-state index in [0.717, 1.165) is 50.9 Å². The molecule has 5 atom stereocenters. The fourth-order valence-corrected chi connectivity index (χ4v) is 6.90. The lowest BCUT2D eigenvalue weighted by molar-refractivity contribution is -0.143. The fourth-order valence-electron chi connectivity index (χ4n) is 6.90. The van der Waals surface area contributed by atoms with Gasteiger partial charge in [0.2, 0.25) is 5.91 Å². The summed E-state index contributed by atoms with van der Waals surface area (Å²) in [6, 6.07) is 7.30. The SMILES string of the molecule is C[C@@H](O[C@H]1CC[C@@H](CN2CCC[C@H]2C(=O)N2CCCC2)[C@@H]1c1ccc(F)cc1)c1cc(C(F)(F)F)cc(C(F)(F)F)c1. The number of amides is 1. The van der Waals surface area contributed by atoms with Crippen LogP contribution in [0.1, 0.15) is 79.7 Å². The Bertz CT molecular complexity index is 1210. The van der Waals surface area contributed by atoms with Gasteiger partial charge in [-0.2, -0.15) is 26.3 Å². The lowest BCUT2D eigenvalue weighted by Gasteiger charge is -2.33. The Morgan fingerprint density at radius 1 is 0.881 bits per heavy atom. The molecule has 2 aliphatic heterocycles. The summed E-state index contributed by atoms with van der Waals surface area (Å²) in [5.41, 5.74) is -2.19. The average molecular weight is 601 g/mol. The third kappa shape index (κ3) is 6.77. The van der Waals surface area contributed by atoms with Gasteiger partial charge >= 0.3 is 12.4 Å². The molecular weight excluding hydrogens is 565 g/mol. The summed E-state index contributed by atoms with van der Waals surface area (Å²) in [5, 5.41) is 0. The van der Waals surface area contributed by atoms with Crippen molar-refractivity contribution in [2.75, 3.05) is 26.2 Å². The Labute approximate surface area is 240 Å². The van der Waals surface area contributed by atoms with Gasteiger partial charge in [0.1, 0.15) is 5.82 Å². The number of carbonyl (C=O) groups is 1. The third-order valence-electron chi connectivity index (χ3n) is 8.98. The monoisotopic (exact) mass is 600 g/mol. The zero-order chi connectivity index (χ0) is 30.2. The second-order valence-corrected chi connectivity index (χ2v) is 11.8. The largest absolute Gasteiger partial charge is 0.416 e. The highest BCUT2D eigenvalue weighted by atomic mass is 19.4. The first kappa shape index (κ1) is 30.8. The Hall–Kier alpha value is -2.66. The molecule has 0 N–H and O–H groups in total. The van der Waals surface area contributed by atoms with Crippen LogP contribution < -0.4 is 0 Å². The van der Waals surface area contributed by atoms with Crippen molar-refractivity contribution in [1.82, 2.24) is 9.80 Å². The van der Waals surface area contributed by atoms with Gasteiger partial charge in [-0.15, -0.1) is 0 Å². The van der Waals surface area contributed by atoms with Crippen LogP contribution in [-0.4, -0.2) is 54.0 Å². The summed E-state index contributed by atoms with van der Waals surface area (Å²) in [6.45, 7) is 4.36. The summed E-state index contributed by atoms with van der Waals surface area (Å²) in [4.78, 5) is 17.4. The standard InChI is InChI=1S/C31H35F7N2O2/c1-19(22-15-23(30(33,34)35)17-24(16-22)31(36,37)38)42-27-11-8-21(28(27)20-6-9-25(32)10-7-20)18-40-14-4-5-26(40)29(41)39-12-2-3-13-39/h6-7,9-10,15-17,19,21,26-28H,2-5,8,11-14,18H2,1H3/t19-,21+,26+,27+,28+/m1/s1. The summed E-state index contributed by atoms with van der Waals surface area (Å²) < 4.78 is 101. The van der Waals surface area contributed by atoms with Crippen molar-refractivity contribution in [3.8, 4) is 0 Å². The van der Waals surface area contributed by atoms with E-state index >= 15 is 0 Å². The van der Waals surface area contributed by atoms with E-state index < -0.39 is 41.5 Å². The Kier molecular flexibility index (Phi) is 8.90. The van der Waals surface area contributed by atoms with Crippen molar-refractivity contribution in [2.45, 2.75) is 82.0 Å². The zero-order valence-electron chi connectivity index (χ0n) is 23.4. The minimum atomic E-state index is -4.95. The predicted octanol–water partition coefficient (Wildman–Crippen LogP) is 7.59. The molecule has 0 radical (unpaired) electrons. The van der Waals surface area contributed by atoms with Crippen LogP contribution >= 0.6 is 0 Å². The normalized spacial score (nSPS) is 26.2. The molecule has 0 unspecified atom stereocenters. The molecule has 42 heavy (non-hydrogen) atoms. The molecule has 11 heteroatoms. The zero-order valence-corrected chi connectivity index (χ0v) is 23.4. The number of rotatable bonds is 7. The van der Waals surface area contributed by atoms with Crippen LogP contribution in [0.3, 0.4) is 0 Å². The van der Waals surface area contributed by atoms with Crippen LogP contribution in [0, 0.1) is 11.7 Å². The molecule has 4 nitrogen and oxygen atoms in total. The van der Waals surface area contributed by atoms with Crippen LogP contribution in [0.5, 0.6) is 0 Å². The van der Waals surface area contributed by atoms with E-state index in [1.807, 2.05) is 4.90 Å². The number of benzene rings is 2. The van der Waals surface area contributed by atoms with Crippen molar-refractivity contribution < 1.29 is 40.3 Å². The molecule has 3 fully saturated rings. The van der Waals surface area contributed by atoms with E-state index in [9.17, 15) is 35.5 Å². The van der Waals surface area contributed by atoms with E-state index in [1.165, 1.54) is 19.1 Å². The highest BCUT2D eigenvalue weighted by Gasteiger charge is 2.43. The lowest BCUT2D eigenvalue weighted by Crippen LogP contribution is -2.46. The lowest BCUT2D eigenvalue weighted by atomic mass is 9.86. The van der Waals surface area contributed by atoms with Crippen molar-refractivity contribution in [3.63, 3.8) is 0 Å². The van der Waals surface area contributed by atoms with E-state index in [2.05, 4.69) is 4.90 Å². The first-order valence-electron chi connectivity index (χ1n) is 14.5. The van der Waals surface area contributed by atoms with Crippen molar-refractivity contribution in [2.24, 2.45) is 5.92 Å². The molecule has 2 aromatic rings. The van der Waals surface area contributed by atoms with Gasteiger partial charge in [0.05, 0.1) is 29.4 Å². The summed E-state index contributed by atoms with van der Waals surface area (Å²) in [7, 11) is 0. The molecule has 3 aliphatic rings. The summed E-state index contributed by atoms with van der Waals surface area (Å²) in [6.07, 6.45) is -6.59. The van der Waals surface area contributed by atoms with Gasteiger partial charge in [0.15, 0.2) is 0 Å². The molecule has 230 valence electrons. The first-order valence-corrected chi connectivity index (χ1v) is 14.5. The fraction of sp³-hybridized carbons (Fsp3) is 0.581. The maximum Gasteiger partial charge on any atom is 0.416 e. The molecule has 0 spiro atoms. The maximum atomic E-state index is 13.8. The smallest absolute Gasteiger partial charge is 0.370 e.